The highest BCUT2D eigenvalue weighted by atomic mass is 19.1. The van der Waals surface area contributed by atoms with E-state index in [9.17, 15) is 24.0 Å². The van der Waals surface area contributed by atoms with Crippen LogP contribution < -0.4 is 20.2 Å². The topological polar surface area (TPSA) is 127 Å². The monoisotopic (exact) mass is 396 g/mol. The number of carbonyl (C=O) groups excluding carboxylic acids is 3. The molecular formula is C17H21FN4O6. The number of nitrogens with zero attached hydrogens (tertiary/aromatic N) is 2. The number of benzene rings is 1. The van der Waals surface area contributed by atoms with Gasteiger partial charge in [-0.1, -0.05) is 0 Å². The first-order valence-electron chi connectivity index (χ1n) is 8.75. The molecule has 2 aliphatic heterocycles. The second kappa shape index (κ2) is 8.09. The number of aliphatic hydroxyl groups is 1. The van der Waals surface area contributed by atoms with Crippen LogP contribution in [0.15, 0.2) is 18.2 Å². The lowest BCUT2D eigenvalue weighted by atomic mass is 10.1. The van der Waals surface area contributed by atoms with E-state index >= 15 is 0 Å². The van der Waals surface area contributed by atoms with Crippen molar-refractivity contribution in [2.75, 3.05) is 42.6 Å². The van der Waals surface area contributed by atoms with Gasteiger partial charge in [0.1, 0.15) is 19.0 Å². The Morgan fingerprint density at radius 3 is 2.71 bits per heavy atom. The number of aliphatic hydroxyl groups excluding tert-OH is 1. The van der Waals surface area contributed by atoms with Gasteiger partial charge in [-0.3, -0.25) is 9.69 Å². The summed E-state index contributed by atoms with van der Waals surface area (Å²) in [6, 6.07) is 4.13. The summed E-state index contributed by atoms with van der Waals surface area (Å²) in [7, 11) is 0. The Hall–Kier alpha value is -2.76. The summed E-state index contributed by atoms with van der Waals surface area (Å²) in [4.78, 5) is 37.1. The van der Waals surface area contributed by atoms with Crippen molar-refractivity contribution in [2.45, 2.75) is 19.1 Å². The Balaban J connectivity index is 1.61. The molecule has 28 heavy (non-hydrogen) atoms. The van der Waals surface area contributed by atoms with Crippen molar-refractivity contribution in [2.24, 2.45) is 0 Å². The van der Waals surface area contributed by atoms with Gasteiger partial charge in [-0.25, -0.2) is 14.0 Å². The van der Waals surface area contributed by atoms with E-state index in [1.807, 2.05) is 0 Å². The van der Waals surface area contributed by atoms with E-state index in [0.717, 1.165) is 6.92 Å². The van der Waals surface area contributed by atoms with Crippen molar-refractivity contribution in [3.63, 3.8) is 0 Å². The summed E-state index contributed by atoms with van der Waals surface area (Å²) in [5.41, 5.74) is 0.615. The highest BCUT2D eigenvalue weighted by molar-refractivity contribution is 5.90. The molecule has 3 amide bonds. The Bertz CT molecular complexity index is 785. The number of hydrogen-bond donors (Lipinski definition) is 3. The van der Waals surface area contributed by atoms with Gasteiger partial charge in [0, 0.05) is 13.1 Å². The maximum Gasteiger partial charge on any atom is 0.414 e. The number of quaternary nitrogens is 1. The molecule has 0 saturated carbocycles. The molecule has 10 nitrogen and oxygen atoms in total. The number of hydroxylamine groups is 2. The lowest BCUT2D eigenvalue weighted by Crippen LogP contribution is -3.10. The van der Waals surface area contributed by atoms with Gasteiger partial charge in [-0.15, -0.1) is 0 Å². The minimum Gasteiger partial charge on any atom is -0.627 e. The predicted octanol–water partition coefficient (Wildman–Crippen LogP) is -1.62. The molecule has 2 fully saturated rings. The molecule has 2 saturated heterocycles. The molecule has 0 aliphatic carbocycles. The molecule has 2 aliphatic rings. The summed E-state index contributed by atoms with van der Waals surface area (Å²) in [5, 5.41) is 22.2. The van der Waals surface area contributed by atoms with Crippen molar-refractivity contribution in [3.05, 3.63) is 29.2 Å². The molecule has 3 rings (SSSR count). The first-order chi connectivity index (χ1) is 13.3. The first kappa shape index (κ1) is 20.0. The van der Waals surface area contributed by atoms with Gasteiger partial charge in [-0.2, -0.15) is 0 Å². The summed E-state index contributed by atoms with van der Waals surface area (Å²) in [6.07, 6.45) is -1.46. The van der Waals surface area contributed by atoms with E-state index in [1.165, 1.54) is 17.0 Å². The van der Waals surface area contributed by atoms with Crippen LogP contribution in [0, 0.1) is 11.0 Å². The molecule has 2 atom stereocenters. The highest BCUT2D eigenvalue weighted by Crippen LogP contribution is 2.30. The zero-order valence-corrected chi connectivity index (χ0v) is 15.2. The van der Waals surface area contributed by atoms with Crippen LogP contribution in [-0.2, 0) is 14.3 Å². The Labute approximate surface area is 160 Å². The van der Waals surface area contributed by atoms with Crippen molar-refractivity contribution in [1.29, 1.82) is 0 Å². The number of cyclic esters (lactones) is 1. The van der Waals surface area contributed by atoms with Crippen molar-refractivity contribution in [1.82, 2.24) is 5.32 Å². The summed E-state index contributed by atoms with van der Waals surface area (Å²) in [6.45, 7) is 1.22. The second-order valence-electron chi connectivity index (χ2n) is 6.76. The summed E-state index contributed by atoms with van der Waals surface area (Å²) < 4.78 is 19.6. The fraction of sp³-hybridized carbons (Fsp3) is 0.471. The lowest BCUT2D eigenvalue weighted by molar-refractivity contribution is -0.768. The van der Waals surface area contributed by atoms with Crippen LogP contribution in [0.2, 0.25) is 0 Å². The first-order valence-corrected chi connectivity index (χ1v) is 8.75. The van der Waals surface area contributed by atoms with Crippen LogP contribution in [0.3, 0.4) is 0 Å². The molecule has 11 heteroatoms. The van der Waals surface area contributed by atoms with Crippen LogP contribution in [0.25, 0.3) is 0 Å². The van der Waals surface area contributed by atoms with Crippen LogP contribution in [0.5, 0.6) is 0 Å². The van der Waals surface area contributed by atoms with Crippen LogP contribution in [-0.4, -0.2) is 67.9 Å². The zero-order valence-electron chi connectivity index (χ0n) is 15.2. The molecule has 0 aromatic heterocycles. The molecule has 0 radical (unpaired) electrons. The molecule has 2 heterocycles. The van der Waals surface area contributed by atoms with Gasteiger partial charge in [0.25, 0.3) is 0 Å². The summed E-state index contributed by atoms with van der Waals surface area (Å²) >= 11 is 0. The fourth-order valence-electron chi connectivity index (χ4n) is 3.15. The van der Waals surface area contributed by atoms with E-state index in [1.54, 1.807) is 11.0 Å². The van der Waals surface area contributed by atoms with Crippen molar-refractivity contribution in [3.8, 4) is 0 Å². The van der Waals surface area contributed by atoms with Crippen LogP contribution in [0.1, 0.15) is 6.92 Å². The van der Waals surface area contributed by atoms with Crippen LogP contribution in [0.4, 0.5) is 20.6 Å². The van der Waals surface area contributed by atoms with Gasteiger partial charge >= 0.3 is 12.0 Å². The molecule has 0 bridgehead atoms. The van der Waals surface area contributed by atoms with E-state index in [4.69, 9.17) is 9.84 Å². The summed E-state index contributed by atoms with van der Waals surface area (Å²) in [5.74, 6) is -1.63. The van der Waals surface area contributed by atoms with Gasteiger partial charge in [0.05, 0.1) is 30.9 Å². The average molecular weight is 396 g/mol. The normalized spacial score (nSPS) is 20.6. The van der Waals surface area contributed by atoms with Crippen LogP contribution >= 0.6 is 0 Å². The average Bonchev–Trinajstić information content (AvgIpc) is 2.98. The third-order valence-corrected chi connectivity index (χ3v) is 4.65. The molecule has 3 N–H and O–H groups in total. The quantitative estimate of drug-likeness (QED) is 0.493. The third-order valence-electron chi connectivity index (χ3n) is 4.65. The standard InChI is InChI=1S/C17H21FN4O6/c1-10(24)22(27)8-13-7-21(17(26)28-13)12-2-3-15(14(18)4-12)20-5-11(6-20)19-16(25)9-23/h2-4,11,13,22-23H,5-9H2,1H3,(H,19,25). The van der Waals surface area contributed by atoms with Gasteiger partial charge in [0.15, 0.2) is 6.10 Å². The number of carbonyl (C=O) groups is 3. The zero-order chi connectivity index (χ0) is 20.4. The number of rotatable bonds is 6. The molecule has 152 valence electrons. The minimum absolute atomic E-state index is 0.0512. The second-order valence-corrected chi connectivity index (χ2v) is 6.76. The van der Waals surface area contributed by atoms with E-state index in [2.05, 4.69) is 5.32 Å². The fourth-order valence-corrected chi connectivity index (χ4v) is 3.15. The van der Waals surface area contributed by atoms with E-state index in [-0.39, 0.29) is 24.8 Å². The smallest absolute Gasteiger partial charge is 0.414 e. The van der Waals surface area contributed by atoms with Gasteiger partial charge in [-0.05, 0) is 18.2 Å². The molecule has 1 aromatic carbocycles. The maximum absolute atomic E-state index is 14.5. The predicted molar refractivity (Wildman–Crippen MR) is 95.1 cm³/mol. The van der Waals surface area contributed by atoms with Gasteiger partial charge < -0.3 is 30.3 Å². The lowest BCUT2D eigenvalue weighted by Gasteiger charge is -2.41. The highest BCUT2D eigenvalue weighted by Gasteiger charge is 2.35. The number of ether oxygens (including phenoxy) is 1. The van der Waals surface area contributed by atoms with Crippen molar-refractivity contribution < 1.29 is 33.7 Å². The number of halogens is 1. The Morgan fingerprint density at radius 2 is 2.11 bits per heavy atom. The molecule has 0 spiro atoms. The molecule has 1 aromatic rings. The van der Waals surface area contributed by atoms with E-state index in [0.29, 0.717) is 18.8 Å². The number of hydrogen-bond acceptors (Lipinski definition) is 7. The SMILES string of the molecule is CC(=O)[N@@H+]([O-])CC1CN(c2ccc(N3CC(NC(=O)CO)C3)c(F)c2)C(=O)O1. The van der Waals surface area contributed by atoms with Crippen molar-refractivity contribution >= 4 is 29.3 Å². The Morgan fingerprint density at radius 1 is 1.39 bits per heavy atom. The van der Waals surface area contributed by atoms with Gasteiger partial charge in [0.2, 0.25) is 5.91 Å². The minimum atomic E-state index is -0.752. The largest absolute Gasteiger partial charge is 0.627 e. The molecule has 1 unspecified atom stereocenters. The number of nitrogens with one attached hydrogen (secondary N) is 2. The van der Waals surface area contributed by atoms with E-state index < -0.39 is 41.5 Å². The number of amides is 3. The maximum atomic E-state index is 14.5. The third kappa shape index (κ3) is 4.21. The molecular weight excluding hydrogens is 375 g/mol. The Kier molecular flexibility index (Phi) is 5.77. The number of anilines is 2.